The Balaban J connectivity index is 2.78. The number of hydrogen-bond acceptors (Lipinski definition) is 3. The minimum atomic E-state index is 0.525. The summed E-state index contributed by atoms with van der Waals surface area (Å²) >= 11 is 6.17. The van der Waals surface area contributed by atoms with E-state index in [0.29, 0.717) is 29.6 Å². The highest BCUT2D eigenvalue weighted by atomic mass is 35.5. The Kier molecular flexibility index (Phi) is 5.97. The summed E-state index contributed by atoms with van der Waals surface area (Å²) in [4.78, 5) is 2.23. The fourth-order valence-electron chi connectivity index (χ4n) is 1.93. The number of anilines is 1. The number of benzene rings is 1. The van der Waals surface area contributed by atoms with E-state index in [4.69, 9.17) is 22.6 Å². The van der Waals surface area contributed by atoms with Gasteiger partial charge in [0.25, 0.3) is 0 Å². The van der Waals surface area contributed by atoms with Gasteiger partial charge in [0.15, 0.2) is 0 Å². The molecule has 0 spiro atoms. The van der Waals surface area contributed by atoms with Gasteiger partial charge >= 0.3 is 0 Å². The maximum Gasteiger partial charge on any atom is 0.0635 e. The van der Waals surface area contributed by atoms with E-state index < -0.39 is 0 Å². The predicted molar refractivity (Wildman–Crippen MR) is 76.2 cm³/mol. The third-order valence-corrected chi connectivity index (χ3v) is 3.05. The first-order chi connectivity index (χ1) is 8.54. The lowest BCUT2D eigenvalue weighted by molar-refractivity contribution is 0.241. The Bertz CT molecular complexity index is 403. The number of hydrogen-bond donors (Lipinski definition) is 1. The van der Waals surface area contributed by atoms with Crippen molar-refractivity contribution in [3.8, 4) is 6.07 Å². The summed E-state index contributed by atoms with van der Waals surface area (Å²) in [5, 5.41) is 9.39. The summed E-state index contributed by atoms with van der Waals surface area (Å²) in [7, 11) is 0. The maximum atomic E-state index is 8.70. The molecule has 1 aromatic rings. The Hall–Kier alpha value is -1.24. The van der Waals surface area contributed by atoms with Crippen LogP contribution in [-0.2, 0) is 6.54 Å². The van der Waals surface area contributed by atoms with Crippen molar-refractivity contribution >= 4 is 17.3 Å². The molecular weight excluding hydrogens is 246 g/mol. The van der Waals surface area contributed by atoms with Crippen molar-refractivity contribution in [2.24, 2.45) is 5.92 Å². The average molecular weight is 266 g/mol. The SMILES string of the molecule is CC(C)CN(CCC#N)Cc1c(N)cccc1Cl. The monoisotopic (exact) mass is 265 g/mol. The molecule has 0 aliphatic heterocycles. The standard InChI is InChI=1S/C14H20ClN3/c1-11(2)9-18(8-4-7-16)10-12-13(15)5-3-6-14(12)17/h3,5-6,11H,4,8-10,17H2,1-2H3. The van der Waals surface area contributed by atoms with Crippen LogP contribution in [0.3, 0.4) is 0 Å². The Labute approximate surface area is 114 Å². The predicted octanol–water partition coefficient (Wildman–Crippen LogP) is 3.29. The molecule has 0 saturated heterocycles. The zero-order chi connectivity index (χ0) is 13.5. The van der Waals surface area contributed by atoms with Crippen LogP contribution in [-0.4, -0.2) is 18.0 Å². The van der Waals surface area contributed by atoms with Crippen molar-refractivity contribution in [3.63, 3.8) is 0 Å². The quantitative estimate of drug-likeness (QED) is 0.803. The Morgan fingerprint density at radius 1 is 1.44 bits per heavy atom. The Morgan fingerprint density at radius 3 is 2.72 bits per heavy atom. The third kappa shape index (κ3) is 4.56. The van der Waals surface area contributed by atoms with Gasteiger partial charge in [-0.3, -0.25) is 4.90 Å². The summed E-state index contributed by atoms with van der Waals surface area (Å²) < 4.78 is 0. The molecule has 0 aromatic heterocycles. The smallest absolute Gasteiger partial charge is 0.0635 e. The molecule has 0 radical (unpaired) electrons. The van der Waals surface area contributed by atoms with Crippen LogP contribution in [0.1, 0.15) is 25.8 Å². The summed E-state index contributed by atoms with van der Waals surface area (Å²) in [6, 6.07) is 7.74. The average Bonchev–Trinajstić information content (AvgIpc) is 2.30. The van der Waals surface area contributed by atoms with Crippen LogP contribution in [0.25, 0.3) is 0 Å². The van der Waals surface area contributed by atoms with Crippen molar-refractivity contribution in [1.29, 1.82) is 5.26 Å². The van der Waals surface area contributed by atoms with Crippen molar-refractivity contribution in [2.75, 3.05) is 18.8 Å². The molecule has 98 valence electrons. The fourth-order valence-corrected chi connectivity index (χ4v) is 2.17. The van der Waals surface area contributed by atoms with Crippen LogP contribution in [0.5, 0.6) is 0 Å². The molecule has 18 heavy (non-hydrogen) atoms. The molecule has 0 saturated carbocycles. The van der Waals surface area contributed by atoms with Gasteiger partial charge in [0.05, 0.1) is 6.07 Å². The number of nitrogens with zero attached hydrogens (tertiary/aromatic N) is 2. The molecule has 0 amide bonds. The number of rotatable bonds is 6. The molecule has 0 heterocycles. The van der Waals surface area contributed by atoms with Gasteiger partial charge in [0, 0.05) is 42.3 Å². The molecule has 4 heteroatoms. The highest BCUT2D eigenvalue weighted by molar-refractivity contribution is 6.31. The molecule has 1 rings (SSSR count). The van der Waals surface area contributed by atoms with Gasteiger partial charge in [0.1, 0.15) is 0 Å². The minimum absolute atomic E-state index is 0.525. The highest BCUT2D eigenvalue weighted by Crippen LogP contribution is 2.24. The molecule has 1 aromatic carbocycles. The lowest BCUT2D eigenvalue weighted by Crippen LogP contribution is -2.28. The second-order valence-corrected chi connectivity index (χ2v) is 5.25. The minimum Gasteiger partial charge on any atom is -0.398 e. The van der Waals surface area contributed by atoms with Gasteiger partial charge in [-0.25, -0.2) is 0 Å². The number of nitriles is 1. The molecule has 2 N–H and O–H groups in total. The molecule has 0 atom stereocenters. The first-order valence-electron chi connectivity index (χ1n) is 6.16. The van der Waals surface area contributed by atoms with E-state index in [1.54, 1.807) is 0 Å². The number of halogens is 1. The molecule has 0 aliphatic carbocycles. The van der Waals surface area contributed by atoms with E-state index in [2.05, 4.69) is 24.8 Å². The first-order valence-corrected chi connectivity index (χ1v) is 6.54. The van der Waals surface area contributed by atoms with Gasteiger partial charge < -0.3 is 5.73 Å². The van der Waals surface area contributed by atoms with E-state index in [0.717, 1.165) is 18.7 Å². The fraction of sp³-hybridized carbons (Fsp3) is 0.500. The van der Waals surface area contributed by atoms with Crippen molar-refractivity contribution < 1.29 is 0 Å². The van der Waals surface area contributed by atoms with Gasteiger partial charge in [-0.1, -0.05) is 31.5 Å². The van der Waals surface area contributed by atoms with Crippen LogP contribution in [0.2, 0.25) is 5.02 Å². The normalized spacial score (nSPS) is 10.9. The van der Waals surface area contributed by atoms with Crippen LogP contribution in [0.4, 0.5) is 5.69 Å². The second kappa shape index (κ2) is 7.25. The molecule has 0 bridgehead atoms. The van der Waals surface area contributed by atoms with Gasteiger partial charge in [0.2, 0.25) is 0 Å². The summed E-state index contributed by atoms with van der Waals surface area (Å²) in [5.41, 5.74) is 7.63. The van der Waals surface area contributed by atoms with Gasteiger partial charge in [-0.15, -0.1) is 0 Å². The number of nitrogens with two attached hydrogens (primary N) is 1. The van der Waals surface area contributed by atoms with Gasteiger partial charge in [-0.2, -0.15) is 5.26 Å². The summed E-state index contributed by atoms with van der Waals surface area (Å²) in [6.07, 6.45) is 0.525. The van der Waals surface area contributed by atoms with Crippen LogP contribution in [0, 0.1) is 17.2 Å². The van der Waals surface area contributed by atoms with E-state index in [1.807, 2.05) is 18.2 Å². The molecule has 0 aliphatic rings. The summed E-state index contributed by atoms with van der Waals surface area (Å²) in [6.45, 7) is 6.71. The van der Waals surface area contributed by atoms with E-state index >= 15 is 0 Å². The molecule has 3 nitrogen and oxygen atoms in total. The van der Waals surface area contributed by atoms with Crippen molar-refractivity contribution in [2.45, 2.75) is 26.8 Å². The zero-order valence-corrected chi connectivity index (χ0v) is 11.7. The zero-order valence-electron chi connectivity index (χ0n) is 11.0. The number of nitrogen functional groups attached to an aromatic ring is 1. The molecule has 0 unspecified atom stereocenters. The maximum absolute atomic E-state index is 8.70. The van der Waals surface area contributed by atoms with Crippen LogP contribution >= 0.6 is 11.6 Å². The third-order valence-electron chi connectivity index (χ3n) is 2.70. The van der Waals surface area contributed by atoms with Crippen molar-refractivity contribution in [3.05, 3.63) is 28.8 Å². The van der Waals surface area contributed by atoms with E-state index in [-0.39, 0.29) is 0 Å². The Morgan fingerprint density at radius 2 is 2.17 bits per heavy atom. The topological polar surface area (TPSA) is 53.0 Å². The second-order valence-electron chi connectivity index (χ2n) is 4.84. The first kappa shape index (κ1) is 14.8. The van der Waals surface area contributed by atoms with Gasteiger partial charge in [-0.05, 0) is 18.1 Å². The lowest BCUT2D eigenvalue weighted by atomic mass is 10.1. The highest BCUT2D eigenvalue weighted by Gasteiger charge is 2.12. The largest absolute Gasteiger partial charge is 0.398 e. The van der Waals surface area contributed by atoms with Crippen molar-refractivity contribution in [1.82, 2.24) is 4.90 Å². The van der Waals surface area contributed by atoms with E-state index in [9.17, 15) is 0 Å². The molecule has 0 fully saturated rings. The molecular formula is C14H20ClN3. The van der Waals surface area contributed by atoms with E-state index in [1.165, 1.54) is 0 Å². The van der Waals surface area contributed by atoms with Crippen LogP contribution in [0.15, 0.2) is 18.2 Å². The summed E-state index contributed by atoms with van der Waals surface area (Å²) in [5.74, 6) is 0.549. The van der Waals surface area contributed by atoms with Crippen LogP contribution < -0.4 is 5.73 Å². The lowest BCUT2D eigenvalue weighted by Gasteiger charge is -2.24.